The van der Waals surface area contributed by atoms with Gasteiger partial charge in [-0.3, -0.25) is 0 Å². The van der Waals surface area contributed by atoms with Crippen molar-refractivity contribution >= 4 is 29.7 Å². The van der Waals surface area contributed by atoms with Crippen molar-refractivity contribution in [3.8, 4) is 11.3 Å². The molecule has 0 spiro atoms. The quantitative estimate of drug-likeness (QED) is 0.683. The molecule has 0 unspecified atom stereocenters. The average Bonchev–Trinajstić information content (AvgIpc) is 2.82. The van der Waals surface area contributed by atoms with E-state index in [1.54, 1.807) is 18.2 Å². The summed E-state index contributed by atoms with van der Waals surface area (Å²) in [6.45, 7) is 4.27. The van der Waals surface area contributed by atoms with Crippen LogP contribution in [0.3, 0.4) is 0 Å². The first kappa shape index (κ1) is 17.2. The summed E-state index contributed by atoms with van der Waals surface area (Å²) in [6.07, 6.45) is 2.29. The molecule has 7 heteroatoms. The van der Waals surface area contributed by atoms with Gasteiger partial charge in [-0.05, 0) is 37.1 Å². The normalized spacial score (nSPS) is 22.3. The average molecular weight is 375 g/mol. The molecule has 0 saturated carbocycles. The van der Waals surface area contributed by atoms with Gasteiger partial charge in [0, 0.05) is 37.8 Å². The second-order valence-corrected chi connectivity index (χ2v) is 6.76. The number of anilines is 1. The van der Waals surface area contributed by atoms with Gasteiger partial charge in [0.05, 0.1) is 5.69 Å². The molecule has 3 fully saturated rings. The van der Waals surface area contributed by atoms with Crippen LogP contribution in [0.1, 0.15) is 12.8 Å². The minimum atomic E-state index is -0.281. The van der Waals surface area contributed by atoms with Crippen LogP contribution in [-0.2, 0) is 0 Å². The molecule has 1 aromatic carbocycles. The van der Waals surface area contributed by atoms with Gasteiger partial charge < -0.3 is 14.2 Å². The Morgan fingerprint density at radius 3 is 2.58 bits per heavy atom. The van der Waals surface area contributed by atoms with E-state index in [-0.39, 0.29) is 18.2 Å². The van der Waals surface area contributed by atoms with Gasteiger partial charge in [0.25, 0.3) is 6.01 Å². The van der Waals surface area contributed by atoms with Crippen molar-refractivity contribution in [2.45, 2.75) is 18.9 Å². The Hall–Kier alpha value is -2.18. The van der Waals surface area contributed by atoms with E-state index >= 15 is 0 Å². The molecular formula is C19H20ClFN4O. The molecule has 2 bridgehead atoms. The van der Waals surface area contributed by atoms with Crippen LogP contribution in [0.15, 0.2) is 40.8 Å². The predicted molar refractivity (Wildman–Crippen MR) is 101 cm³/mol. The van der Waals surface area contributed by atoms with Crippen molar-refractivity contribution in [3.63, 3.8) is 0 Å². The van der Waals surface area contributed by atoms with Crippen molar-refractivity contribution in [1.82, 2.24) is 14.9 Å². The number of benzene rings is 1. The van der Waals surface area contributed by atoms with Crippen molar-refractivity contribution < 1.29 is 8.81 Å². The number of fused-ring (bicyclic) bond motifs is 5. The maximum absolute atomic E-state index is 14.0. The lowest BCUT2D eigenvalue weighted by Gasteiger charge is -2.30. The highest BCUT2D eigenvalue weighted by molar-refractivity contribution is 5.85. The van der Waals surface area contributed by atoms with Crippen LogP contribution in [0, 0.1) is 5.82 Å². The van der Waals surface area contributed by atoms with Gasteiger partial charge in [-0.25, -0.2) is 9.37 Å². The largest absolute Gasteiger partial charge is 0.422 e. The Kier molecular flexibility index (Phi) is 4.54. The van der Waals surface area contributed by atoms with E-state index in [0.717, 1.165) is 39.0 Å². The van der Waals surface area contributed by atoms with Gasteiger partial charge in [-0.2, -0.15) is 4.98 Å². The predicted octanol–water partition coefficient (Wildman–Crippen LogP) is 3.74. The van der Waals surface area contributed by atoms with E-state index in [9.17, 15) is 4.39 Å². The lowest BCUT2D eigenvalue weighted by atomic mass is 10.1. The Labute approximate surface area is 157 Å². The number of halogens is 2. The van der Waals surface area contributed by atoms with E-state index in [4.69, 9.17) is 4.42 Å². The number of hydrogen-bond acceptors (Lipinski definition) is 5. The lowest BCUT2D eigenvalue weighted by molar-refractivity contribution is 0.249. The van der Waals surface area contributed by atoms with Crippen LogP contribution in [0.4, 0.5) is 10.4 Å². The maximum Gasteiger partial charge on any atom is 0.300 e. The zero-order valence-corrected chi connectivity index (χ0v) is 15.1. The third-order valence-corrected chi connectivity index (χ3v) is 5.29. The molecule has 0 atom stereocenters. The zero-order valence-electron chi connectivity index (χ0n) is 14.3. The van der Waals surface area contributed by atoms with Crippen LogP contribution in [-0.4, -0.2) is 47.1 Å². The molecule has 26 heavy (non-hydrogen) atoms. The highest BCUT2D eigenvalue weighted by Gasteiger charge is 2.31. The Morgan fingerprint density at radius 2 is 1.77 bits per heavy atom. The highest BCUT2D eigenvalue weighted by Crippen LogP contribution is 2.30. The minimum Gasteiger partial charge on any atom is -0.422 e. The summed E-state index contributed by atoms with van der Waals surface area (Å²) in [5.74, 6) is -0.281. The first-order valence-electron chi connectivity index (χ1n) is 8.79. The summed E-state index contributed by atoms with van der Waals surface area (Å²) < 4.78 is 20.0. The number of nitrogens with zero attached hydrogens (tertiary/aromatic N) is 4. The van der Waals surface area contributed by atoms with Gasteiger partial charge in [0.15, 0.2) is 5.58 Å². The van der Waals surface area contributed by atoms with Crippen molar-refractivity contribution in [1.29, 1.82) is 0 Å². The molecule has 6 rings (SSSR count). The lowest BCUT2D eigenvalue weighted by Crippen LogP contribution is -2.38. The van der Waals surface area contributed by atoms with Crippen molar-refractivity contribution in [2.75, 3.05) is 31.1 Å². The standard InChI is InChI=1S/C19H19FN4O.ClH/c20-15-4-2-1-3-14(15)16-5-6-17-18(21-16)22-19(25-17)24-12-11-23-9-7-13(24)8-10-23;/h1-6,13H,7-12H2;1H. The van der Waals surface area contributed by atoms with Gasteiger partial charge in [-0.15, -0.1) is 12.4 Å². The molecule has 3 aromatic rings. The van der Waals surface area contributed by atoms with Gasteiger partial charge in [-0.1, -0.05) is 12.1 Å². The molecule has 0 radical (unpaired) electrons. The molecule has 2 aromatic heterocycles. The second-order valence-electron chi connectivity index (χ2n) is 6.76. The number of rotatable bonds is 2. The SMILES string of the molecule is Cl.Fc1ccccc1-c1ccc2oc(N3CCN4CCC3CC4)nc2n1. The Morgan fingerprint density at radius 1 is 0.962 bits per heavy atom. The molecule has 0 amide bonds. The smallest absolute Gasteiger partial charge is 0.300 e. The summed E-state index contributed by atoms with van der Waals surface area (Å²) in [4.78, 5) is 13.9. The first-order valence-corrected chi connectivity index (χ1v) is 8.79. The number of hydrogen-bond donors (Lipinski definition) is 0. The third kappa shape index (κ3) is 2.93. The monoisotopic (exact) mass is 374 g/mol. The van der Waals surface area contributed by atoms with Gasteiger partial charge >= 0.3 is 0 Å². The number of piperidine rings is 1. The van der Waals surface area contributed by atoms with E-state index in [1.165, 1.54) is 6.07 Å². The Balaban J connectivity index is 0.00000168. The molecular weight excluding hydrogens is 355 g/mol. The van der Waals surface area contributed by atoms with Crippen LogP contribution >= 0.6 is 12.4 Å². The molecule has 3 aliphatic rings. The summed E-state index contributed by atoms with van der Waals surface area (Å²) in [5, 5.41) is 0. The van der Waals surface area contributed by atoms with Crippen LogP contribution in [0.5, 0.6) is 0 Å². The summed E-state index contributed by atoms with van der Waals surface area (Å²) in [5.41, 5.74) is 2.24. The van der Waals surface area contributed by atoms with E-state index in [0.29, 0.717) is 34.5 Å². The maximum atomic E-state index is 14.0. The summed E-state index contributed by atoms with van der Waals surface area (Å²) in [7, 11) is 0. The van der Waals surface area contributed by atoms with Crippen LogP contribution in [0.25, 0.3) is 22.5 Å². The van der Waals surface area contributed by atoms with E-state index in [1.807, 2.05) is 12.1 Å². The van der Waals surface area contributed by atoms with E-state index in [2.05, 4.69) is 19.8 Å². The minimum absolute atomic E-state index is 0. The molecule has 0 aliphatic carbocycles. The molecule has 0 N–H and O–H groups in total. The molecule has 3 aliphatic heterocycles. The number of oxazole rings is 1. The number of aromatic nitrogens is 2. The number of pyridine rings is 1. The second kappa shape index (κ2) is 6.85. The fourth-order valence-corrected chi connectivity index (χ4v) is 3.89. The fraction of sp³-hybridized carbons (Fsp3) is 0.368. The summed E-state index contributed by atoms with van der Waals surface area (Å²) in [6, 6.07) is 11.4. The molecule has 136 valence electrons. The first-order chi connectivity index (χ1) is 12.3. The third-order valence-electron chi connectivity index (χ3n) is 5.29. The van der Waals surface area contributed by atoms with Crippen molar-refractivity contribution in [2.24, 2.45) is 0 Å². The van der Waals surface area contributed by atoms with Crippen LogP contribution < -0.4 is 4.90 Å². The fourth-order valence-electron chi connectivity index (χ4n) is 3.89. The van der Waals surface area contributed by atoms with Gasteiger partial charge in [0.2, 0.25) is 5.65 Å². The zero-order chi connectivity index (χ0) is 16.8. The topological polar surface area (TPSA) is 45.4 Å². The van der Waals surface area contributed by atoms with Crippen molar-refractivity contribution in [3.05, 3.63) is 42.2 Å². The highest BCUT2D eigenvalue weighted by atomic mass is 35.5. The van der Waals surface area contributed by atoms with Crippen LogP contribution in [0.2, 0.25) is 0 Å². The van der Waals surface area contributed by atoms with Gasteiger partial charge in [0.1, 0.15) is 5.82 Å². The summed E-state index contributed by atoms with van der Waals surface area (Å²) >= 11 is 0. The molecule has 5 nitrogen and oxygen atoms in total. The Bertz CT molecular complexity index is 923. The van der Waals surface area contributed by atoms with E-state index < -0.39 is 0 Å². The molecule has 5 heterocycles. The molecule has 3 saturated heterocycles.